The van der Waals surface area contributed by atoms with Gasteiger partial charge in [-0.2, -0.15) is 0 Å². The van der Waals surface area contributed by atoms with E-state index in [0.29, 0.717) is 74.2 Å². The minimum atomic E-state index is -0.791. The predicted molar refractivity (Wildman–Crippen MR) is 164 cm³/mol. The number of piperidine rings is 1. The molecule has 0 radical (unpaired) electrons. The highest BCUT2D eigenvalue weighted by molar-refractivity contribution is 6.39. The maximum absolute atomic E-state index is 15.2. The van der Waals surface area contributed by atoms with Crippen LogP contribution in [0.2, 0.25) is 0 Å². The van der Waals surface area contributed by atoms with E-state index in [2.05, 4.69) is 11.9 Å². The van der Waals surface area contributed by atoms with Crippen LogP contribution in [-0.2, 0) is 9.53 Å². The summed E-state index contributed by atoms with van der Waals surface area (Å²) >= 11 is 0. The number of likely N-dealkylation sites (N-methyl/N-ethyl adjacent to an activating group) is 2. The fourth-order valence-corrected chi connectivity index (χ4v) is 5.19. The Hall–Kier alpha value is -3.27. The zero-order valence-electron chi connectivity index (χ0n) is 26.3. The lowest BCUT2D eigenvalue weighted by atomic mass is 9.98. The Morgan fingerprint density at radius 1 is 1.09 bits per heavy atom. The molecule has 1 aliphatic carbocycles. The summed E-state index contributed by atoms with van der Waals surface area (Å²) < 4.78 is 41.4. The molecule has 1 saturated carbocycles. The average Bonchev–Trinajstić information content (AvgIpc) is 3.76. The Morgan fingerprint density at radius 2 is 1.77 bits per heavy atom. The topological polar surface area (TPSA) is 74.7 Å². The maximum Gasteiger partial charge on any atom is 0.409 e. The third-order valence-corrected chi connectivity index (χ3v) is 8.75. The van der Waals surface area contributed by atoms with Gasteiger partial charge in [-0.1, -0.05) is 25.5 Å². The third kappa shape index (κ3) is 9.11. The molecule has 43 heavy (non-hydrogen) atoms. The SMILES string of the molecule is CCC1=CC(c2cc(F)c(OCC3CCN(C(=O)OCCC4(C)CC4)CC3)c(F)c2)=CN=C(C(=O)N(C)CCN(C)C)C1. The zero-order valence-corrected chi connectivity index (χ0v) is 26.3. The van der Waals surface area contributed by atoms with E-state index in [1.165, 1.54) is 31.2 Å². The highest BCUT2D eigenvalue weighted by Crippen LogP contribution is 2.48. The second kappa shape index (κ2) is 14.5. The molecule has 0 bridgehead atoms. The number of hydrogen-bond acceptors (Lipinski definition) is 6. The van der Waals surface area contributed by atoms with Gasteiger partial charge in [0.2, 0.25) is 0 Å². The number of amides is 2. The van der Waals surface area contributed by atoms with Crippen molar-refractivity contribution >= 4 is 23.3 Å². The second-order valence-corrected chi connectivity index (χ2v) is 12.7. The van der Waals surface area contributed by atoms with Gasteiger partial charge in [0.1, 0.15) is 5.71 Å². The van der Waals surface area contributed by atoms with Crippen molar-refractivity contribution in [3.8, 4) is 5.75 Å². The van der Waals surface area contributed by atoms with E-state index in [4.69, 9.17) is 9.47 Å². The van der Waals surface area contributed by atoms with Crippen LogP contribution in [-0.4, -0.2) is 92.9 Å². The fraction of sp³-hybridized carbons (Fsp3) is 0.606. The number of rotatable bonds is 12. The van der Waals surface area contributed by atoms with E-state index in [1.807, 2.05) is 32.0 Å². The molecule has 2 amide bonds. The molecule has 0 unspecified atom stereocenters. The van der Waals surface area contributed by atoms with Gasteiger partial charge in [-0.05, 0) is 81.6 Å². The first-order chi connectivity index (χ1) is 20.5. The molecule has 8 nitrogen and oxygen atoms in total. The van der Waals surface area contributed by atoms with E-state index in [-0.39, 0.29) is 24.5 Å². The number of allylic oxidation sites excluding steroid dienone is 3. The number of aliphatic imine (C=N–C) groups is 1. The van der Waals surface area contributed by atoms with Crippen LogP contribution in [0.5, 0.6) is 5.75 Å². The summed E-state index contributed by atoms with van der Waals surface area (Å²) in [5, 5.41) is 0. The highest BCUT2D eigenvalue weighted by atomic mass is 19.1. The molecule has 3 aliphatic rings. The predicted octanol–water partition coefficient (Wildman–Crippen LogP) is 5.92. The highest BCUT2D eigenvalue weighted by Gasteiger charge is 2.37. The molecule has 2 heterocycles. The van der Waals surface area contributed by atoms with Crippen LogP contribution < -0.4 is 4.74 Å². The molecule has 1 aromatic rings. The van der Waals surface area contributed by atoms with Gasteiger partial charge in [0.15, 0.2) is 17.4 Å². The second-order valence-electron chi connectivity index (χ2n) is 12.7. The minimum Gasteiger partial charge on any atom is -0.487 e. The summed E-state index contributed by atoms with van der Waals surface area (Å²) in [6, 6.07) is 2.50. The number of likely N-dealkylation sites (tertiary alicyclic amines) is 1. The standard InChI is InChI=1S/C33H46F2N4O4/c1-6-23-17-26(21-36-29(18-23)31(40)38(5)15-14-37(3)4)25-19-27(34)30(28(35)20-25)43-22-24-7-12-39(13-8-24)32(41)42-16-11-33(2)9-10-33/h17,19-21,24H,6-16,18,22H2,1-5H3. The lowest BCUT2D eigenvalue weighted by Crippen LogP contribution is -2.40. The van der Waals surface area contributed by atoms with Crippen molar-refractivity contribution in [2.24, 2.45) is 16.3 Å². The molecule has 236 valence electrons. The molecule has 0 spiro atoms. The van der Waals surface area contributed by atoms with Crippen LogP contribution in [0.4, 0.5) is 13.6 Å². The van der Waals surface area contributed by atoms with Crippen molar-refractivity contribution in [3.05, 3.63) is 47.2 Å². The summed E-state index contributed by atoms with van der Waals surface area (Å²) in [7, 11) is 5.64. The molecule has 2 fully saturated rings. The maximum atomic E-state index is 15.2. The van der Waals surface area contributed by atoms with E-state index in [0.717, 1.165) is 18.5 Å². The number of hydrogen-bond donors (Lipinski definition) is 0. The largest absolute Gasteiger partial charge is 0.487 e. The molecular weight excluding hydrogens is 554 g/mol. The quantitative estimate of drug-likeness (QED) is 0.298. The number of benzene rings is 1. The molecule has 0 N–H and O–H groups in total. The van der Waals surface area contributed by atoms with E-state index >= 15 is 8.78 Å². The lowest BCUT2D eigenvalue weighted by Gasteiger charge is -2.31. The molecule has 10 heteroatoms. The van der Waals surface area contributed by atoms with E-state index in [9.17, 15) is 9.59 Å². The first kappa shape index (κ1) is 32.6. The van der Waals surface area contributed by atoms with Gasteiger partial charge >= 0.3 is 6.09 Å². The van der Waals surface area contributed by atoms with E-state index in [1.54, 1.807) is 16.8 Å². The first-order valence-electron chi connectivity index (χ1n) is 15.4. The Kier molecular flexibility index (Phi) is 11.0. The molecule has 1 saturated heterocycles. The van der Waals surface area contributed by atoms with E-state index < -0.39 is 17.4 Å². The van der Waals surface area contributed by atoms with Crippen LogP contribution >= 0.6 is 0 Å². The van der Waals surface area contributed by atoms with Crippen LogP contribution in [0, 0.1) is 23.0 Å². The van der Waals surface area contributed by atoms with Crippen LogP contribution in [0.1, 0.15) is 64.4 Å². The van der Waals surface area contributed by atoms with Gasteiger partial charge in [0.05, 0.1) is 13.2 Å². The average molecular weight is 601 g/mol. The Labute approximate surface area is 254 Å². The van der Waals surface area contributed by atoms with Crippen molar-refractivity contribution in [2.45, 2.75) is 58.8 Å². The smallest absolute Gasteiger partial charge is 0.409 e. The van der Waals surface area contributed by atoms with Gasteiger partial charge in [-0.25, -0.2) is 13.6 Å². The molecule has 4 rings (SSSR count). The zero-order chi connectivity index (χ0) is 31.1. The summed E-state index contributed by atoms with van der Waals surface area (Å²) in [5.41, 5.74) is 2.55. The first-order valence-corrected chi connectivity index (χ1v) is 15.4. The van der Waals surface area contributed by atoms with Crippen molar-refractivity contribution in [1.29, 1.82) is 0 Å². The summed E-state index contributed by atoms with van der Waals surface area (Å²) in [5.74, 6) is -2.07. The van der Waals surface area contributed by atoms with Crippen molar-refractivity contribution in [1.82, 2.24) is 14.7 Å². The Bertz CT molecular complexity index is 1240. The van der Waals surface area contributed by atoms with Gasteiger partial charge in [-0.3, -0.25) is 9.79 Å². The normalized spacial score (nSPS) is 18.4. The van der Waals surface area contributed by atoms with Crippen LogP contribution in [0.3, 0.4) is 0 Å². The van der Waals surface area contributed by atoms with Gasteiger partial charge in [0, 0.05) is 51.4 Å². The molecule has 2 aliphatic heterocycles. The third-order valence-electron chi connectivity index (χ3n) is 8.75. The molecule has 0 aromatic heterocycles. The fourth-order valence-electron chi connectivity index (χ4n) is 5.19. The number of carbonyl (C=O) groups excluding carboxylic acids is 2. The molecule has 0 atom stereocenters. The molecule has 1 aromatic carbocycles. The summed E-state index contributed by atoms with van der Waals surface area (Å²) in [6.45, 7) is 7.15. The monoisotopic (exact) mass is 600 g/mol. The number of halogens is 2. The van der Waals surface area contributed by atoms with Crippen molar-refractivity contribution in [2.75, 3.05) is 60.5 Å². The Morgan fingerprint density at radius 3 is 2.37 bits per heavy atom. The van der Waals surface area contributed by atoms with Gasteiger partial charge < -0.3 is 24.2 Å². The van der Waals surface area contributed by atoms with Gasteiger partial charge in [0.25, 0.3) is 5.91 Å². The van der Waals surface area contributed by atoms with Gasteiger partial charge in [-0.15, -0.1) is 0 Å². The lowest BCUT2D eigenvalue weighted by molar-refractivity contribution is -0.123. The number of carbonyl (C=O) groups is 2. The van der Waals surface area contributed by atoms with Crippen molar-refractivity contribution in [3.63, 3.8) is 0 Å². The number of ether oxygens (including phenoxy) is 2. The van der Waals surface area contributed by atoms with Crippen LogP contribution in [0.15, 0.2) is 35.0 Å². The van der Waals surface area contributed by atoms with Crippen molar-refractivity contribution < 1.29 is 27.8 Å². The minimum absolute atomic E-state index is 0.0775. The Balaban J connectivity index is 1.34. The molecular formula is C33H46F2N4O4. The number of nitrogens with zero attached hydrogens (tertiary/aromatic N) is 4. The summed E-state index contributed by atoms with van der Waals surface area (Å²) in [4.78, 5) is 35.2. The van der Waals surface area contributed by atoms with Crippen LogP contribution in [0.25, 0.3) is 5.57 Å². The summed E-state index contributed by atoms with van der Waals surface area (Å²) in [6.07, 6.45) is 8.76.